The fourth-order valence-corrected chi connectivity index (χ4v) is 5.04. The van der Waals surface area contributed by atoms with Crippen molar-refractivity contribution in [1.29, 1.82) is 0 Å². The number of aliphatic hydroxyl groups is 1. The molecule has 0 aliphatic heterocycles. The minimum absolute atomic E-state index is 0.241. The van der Waals surface area contributed by atoms with Crippen molar-refractivity contribution in [3.8, 4) is 11.3 Å². The summed E-state index contributed by atoms with van der Waals surface area (Å²) in [6, 6.07) is 12.8. The van der Waals surface area contributed by atoms with Crippen LogP contribution in [0.15, 0.2) is 36.4 Å². The number of nitrogens with zero attached hydrogens (tertiary/aromatic N) is 2. The first-order valence-electron chi connectivity index (χ1n) is 8.19. The molecule has 0 aliphatic rings. The predicted octanol–water partition coefficient (Wildman–Crippen LogP) is 3.35. The Balaban J connectivity index is 2.16. The van der Waals surface area contributed by atoms with E-state index in [2.05, 4.69) is 67.4 Å². The van der Waals surface area contributed by atoms with E-state index < -0.39 is 0 Å². The van der Waals surface area contributed by atoms with E-state index in [-0.39, 0.29) is 21.6 Å². The predicted molar refractivity (Wildman–Crippen MR) is 101 cm³/mol. The van der Waals surface area contributed by atoms with Crippen molar-refractivity contribution in [2.75, 3.05) is 6.61 Å². The quantitative estimate of drug-likeness (QED) is 0.541. The van der Waals surface area contributed by atoms with Crippen molar-refractivity contribution in [1.82, 2.24) is 10.2 Å². The van der Waals surface area contributed by atoms with Gasteiger partial charge >= 0.3 is 149 Å². The van der Waals surface area contributed by atoms with Crippen LogP contribution in [-0.2, 0) is 0 Å². The zero-order chi connectivity index (χ0) is 17.1. The number of rotatable bonds is 5. The Labute approximate surface area is 149 Å². The van der Waals surface area contributed by atoms with Crippen LogP contribution in [-0.4, -0.2) is 36.9 Å². The van der Waals surface area contributed by atoms with Crippen molar-refractivity contribution in [3.05, 3.63) is 53.1 Å². The van der Waals surface area contributed by atoms with E-state index in [1.54, 1.807) is 0 Å². The van der Waals surface area contributed by atoms with Crippen LogP contribution in [0.5, 0.6) is 0 Å². The van der Waals surface area contributed by atoms with E-state index in [1.165, 1.54) is 33.0 Å². The average Bonchev–Trinajstić information content (AvgIpc) is 2.55. The molecular weight excluding hydrogens is 363 g/mol. The van der Waals surface area contributed by atoms with E-state index in [1.807, 2.05) is 0 Å². The fourth-order valence-electron chi connectivity index (χ4n) is 3.16. The molecule has 0 fully saturated rings. The number of benzene rings is 2. The molecule has 0 atom stereocenters. The molecule has 1 aromatic heterocycles. The van der Waals surface area contributed by atoms with Crippen molar-refractivity contribution < 1.29 is 5.11 Å². The number of aryl methyl sites for hydroxylation is 3. The second-order valence-corrected chi connectivity index (χ2v) is 8.37. The maximum absolute atomic E-state index is 9.01. The van der Waals surface area contributed by atoms with E-state index in [9.17, 15) is 0 Å². The van der Waals surface area contributed by atoms with Gasteiger partial charge in [-0.05, 0) is 0 Å². The Morgan fingerprint density at radius 1 is 0.958 bits per heavy atom. The van der Waals surface area contributed by atoms with Crippen LogP contribution < -0.4 is 4.59 Å². The van der Waals surface area contributed by atoms with Gasteiger partial charge in [0.2, 0.25) is 0 Å². The van der Waals surface area contributed by atoms with Gasteiger partial charge in [-0.1, -0.05) is 0 Å². The molecule has 0 aliphatic carbocycles. The molecule has 4 heteroatoms. The van der Waals surface area contributed by atoms with Crippen molar-refractivity contribution >= 4 is 30.3 Å². The first-order valence-corrected chi connectivity index (χ1v) is 10.3. The normalized spacial score (nSPS) is 11.2. The Morgan fingerprint density at radius 3 is 2.29 bits per heavy atom. The summed E-state index contributed by atoms with van der Waals surface area (Å²) in [5.41, 5.74) is 5.92. The van der Waals surface area contributed by atoms with Gasteiger partial charge in [0, 0.05) is 0 Å². The first-order chi connectivity index (χ1) is 11.6. The third-order valence-electron chi connectivity index (χ3n) is 4.11. The summed E-state index contributed by atoms with van der Waals surface area (Å²) in [6.45, 7) is 6.66. The van der Waals surface area contributed by atoms with Gasteiger partial charge in [0.1, 0.15) is 0 Å². The molecular formula is C20H22N2OSe. The van der Waals surface area contributed by atoms with E-state index in [0.29, 0.717) is 0 Å². The number of fused-ring (bicyclic) bond motifs is 1. The Hall–Kier alpha value is -1.74. The Bertz CT molecular complexity index is 854. The molecule has 3 nitrogen and oxygen atoms in total. The number of hydrogen-bond donors (Lipinski definition) is 1. The molecule has 2 aromatic carbocycles. The van der Waals surface area contributed by atoms with Crippen LogP contribution in [0.2, 0.25) is 5.32 Å². The SMILES string of the molecule is Cc1cc(C)c(-c2nnc([Se]CCCO)c3ccccc23)c(C)c1. The van der Waals surface area contributed by atoms with E-state index >= 15 is 0 Å². The summed E-state index contributed by atoms with van der Waals surface area (Å²) in [5.74, 6) is 0. The topological polar surface area (TPSA) is 46.0 Å². The zero-order valence-electron chi connectivity index (χ0n) is 14.3. The number of aromatic nitrogens is 2. The van der Waals surface area contributed by atoms with Gasteiger partial charge in [0.05, 0.1) is 0 Å². The van der Waals surface area contributed by atoms with Gasteiger partial charge in [-0.2, -0.15) is 0 Å². The monoisotopic (exact) mass is 386 g/mol. The fraction of sp³-hybridized carbons (Fsp3) is 0.300. The van der Waals surface area contributed by atoms with Crippen LogP contribution >= 0.6 is 0 Å². The van der Waals surface area contributed by atoms with Gasteiger partial charge in [0.25, 0.3) is 0 Å². The molecule has 24 heavy (non-hydrogen) atoms. The van der Waals surface area contributed by atoms with E-state index in [4.69, 9.17) is 5.11 Å². The molecule has 0 amide bonds. The summed E-state index contributed by atoms with van der Waals surface area (Å²) in [4.78, 5) is 0. The third kappa shape index (κ3) is 3.36. The molecule has 1 heterocycles. The van der Waals surface area contributed by atoms with Gasteiger partial charge in [0.15, 0.2) is 0 Å². The first kappa shape index (κ1) is 17.1. The standard InChI is InChI=1S/C20H22N2OSe/c1-13-11-14(2)18(15(3)12-13)19-16-7-4-5-8-17(16)20(22-21-19)24-10-6-9-23/h4-5,7-8,11-12,23H,6,9-10H2,1-3H3. The van der Waals surface area contributed by atoms with Gasteiger partial charge in [-0.25, -0.2) is 0 Å². The summed E-state index contributed by atoms with van der Waals surface area (Å²) in [6.07, 6.45) is 0.827. The van der Waals surface area contributed by atoms with Crippen LogP contribution in [0.4, 0.5) is 0 Å². The molecule has 124 valence electrons. The van der Waals surface area contributed by atoms with Crippen molar-refractivity contribution in [2.24, 2.45) is 0 Å². The van der Waals surface area contributed by atoms with Crippen molar-refractivity contribution in [3.63, 3.8) is 0 Å². The second kappa shape index (κ2) is 7.43. The molecule has 0 bridgehead atoms. The Kier molecular flexibility index (Phi) is 5.30. The Morgan fingerprint density at radius 2 is 1.62 bits per heavy atom. The van der Waals surface area contributed by atoms with Crippen LogP contribution in [0, 0.1) is 20.8 Å². The molecule has 0 saturated carbocycles. The molecule has 1 N–H and O–H groups in total. The summed E-state index contributed by atoms with van der Waals surface area (Å²) in [7, 11) is 0. The number of hydrogen-bond acceptors (Lipinski definition) is 3. The summed E-state index contributed by atoms with van der Waals surface area (Å²) >= 11 is 0.241. The van der Waals surface area contributed by atoms with Gasteiger partial charge in [-0.15, -0.1) is 0 Å². The molecule has 0 unspecified atom stereocenters. The molecule has 3 rings (SSSR count). The van der Waals surface area contributed by atoms with Crippen molar-refractivity contribution in [2.45, 2.75) is 32.5 Å². The molecule has 0 radical (unpaired) electrons. The van der Waals surface area contributed by atoms with Crippen LogP contribution in [0.25, 0.3) is 22.0 Å². The number of aliphatic hydroxyl groups excluding tert-OH is 1. The van der Waals surface area contributed by atoms with Crippen LogP contribution in [0.3, 0.4) is 0 Å². The van der Waals surface area contributed by atoms with Crippen LogP contribution in [0.1, 0.15) is 23.1 Å². The third-order valence-corrected chi connectivity index (χ3v) is 6.35. The van der Waals surface area contributed by atoms with E-state index in [0.717, 1.165) is 22.0 Å². The molecule has 0 saturated heterocycles. The second-order valence-electron chi connectivity index (χ2n) is 6.10. The molecule has 0 spiro atoms. The molecule has 3 aromatic rings. The minimum atomic E-state index is 0.241. The van der Waals surface area contributed by atoms with Gasteiger partial charge < -0.3 is 0 Å². The zero-order valence-corrected chi connectivity index (χ0v) is 16.0. The van der Waals surface area contributed by atoms with Gasteiger partial charge in [-0.3, -0.25) is 0 Å². The summed E-state index contributed by atoms with van der Waals surface area (Å²) < 4.78 is 1.08. The average molecular weight is 385 g/mol. The maximum atomic E-state index is 9.01. The summed E-state index contributed by atoms with van der Waals surface area (Å²) in [5, 5.41) is 21.5.